The lowest BCUT2D eigenvalue weighted by Crippen LogP contribution is -1.94. The van der Waals surface area contributed by atoms with E-state index in [1.165, 1.54) is 0 Å². The van der Waals surface area contributed by atoms with E-state index < -0.39 is 0 Å². The average Bonchev–Trinajstić information content (AvgIpc) is 2.54. The molecule has 0 saturated heterocycles. The van der Waals surface area contributed by atoms with Crippen molar-refractivity contribution in [3.05, 3.63) is 48.5 Å². The third-order valence-corrected chi connectivity index (χ3v) is 3.79. The van der Waals surface area contributed by atoms with Crippen molar-refractivity contribution in [1.82, 2.24) is 9.97 Å². The fraction of sp³-hybridized carbons (Fsp3) is 0.125. The number of methoxy groups -OCH3 is 1. The molecule has 0 bridgehead atoms. The summed E-state index contributed by atoms with van der Waals surface area (Å²) in [7, 11) is 1.67. The van der Waals surface area contributed by atoms with Crippen LogP contribution in [0.25, 0.3) is 22.3 Å². The first-order valence-corrected chi connectivity index (χ1v) is 7.49. The van der Waals surface area contributed by atoms with Crippen LogP contribution in [0.1, 0.15) is 0 Å². The molecule has 3 nitrogen and oxygen atoms in total. The van der Waals surface area contributed by atoms with Crippen LogP contribution in [0.4, 0.5) is 0 Å². The van der Waals surface area contributed by atoms with E-state index in [2.05, 4.69) is 9.97 Å². The summed E-state index contributed by atoms with van der Waals surface area (Å²) in [4.78, 5) is 9.31. The van der Waals surface area contributed by atoms with Gasteiger partial charge in [0, 0.05) is 10.9 Å². The van der Waals surface area contributed by atoms with Gasteiger partial charge in [-0.25, -0.2) is 9.97 Å². The van der Waals surface area contributed by atoms with Crippen molar-refractivity contribution in [3.63, 3.8) is 0 Å². The minimum absolute atomic E-state index is 0.757. The van der Waals surface area contributed by atoms with E-state index >= 15 is 0 Å². The number of nitrogens with zero attached hydrogens (tertiary/aromatic N) is 2. The first kappa shape index (κ1) is 12.9. The lowest BCUT2D eigenvalue weighted by Gasteiger charge is -2.08. The van der Waals surface area contributed by atoms with Crippen LogP contribution in [0.3, 0.4) is 0 Å². The van der Waals surface area contributed by atoms with Crippen molar-refractivity contribution in [2.24, 2.45) is 0 Å². The predicted octanol–water partition coefficient (Wildman–Crippen LogP) is 4.03. The van der Waals surface area contributed by atoms with E-state index in [-0.39, 0.29) is 0 Å². The second-order valence-corrected chi connectivity index (χ2v) is 5.10. The molecule has 0 atom stereocenters. The second kappa shape index (κ2) is 5.51. The first-order valence-electron chi connectivity index (χ1n) is 6.27. The van der Waals surface area contributed by atoms with Gasteiger partial charge in [-0.15, -0.1) is 11.8 Å². The van der Waals surface area contributed by atoms with Gasteiger partial charge in [-0.05, 0) is 24.5 Å². The molecule has 0 aliphatic heterocycles. The molecule has 0 N–H and O–H groups in total. The minimum Gasteiger partial charge on any atom is -0.497 e. The smallest absolute Gasteiger partial charge is 0.161 e. The van der Waals surface area contributed by atoms with Crippen molar-refractivity contribution in [1.29, 1.82) is 0 Å². The van der Waals surface area contributed by atoms with Gasteiger partial charge in [-0.1, -0.05) is 30.3 Å². The molecule has 2 aromatic carbocycles. The number of fused-ring (bicyclic) bond motifs is 1. The van der Waals surface area contributed by atoms with E-state index in [0.717, 1.165) is 33.1 Å². The second-order valence-electron chi connectivity index (χ2n) is 4.31. The third-order valence-electron chi connectivity index (χ3n) is 3.09. The maximum atomic E-state index is 5.27. The van der Waals surface area contributed by atoms with Gasteiger partial charge in [0.05, 0.1) is 12.6 Å². The highest BCUT2D eigenvalue weighted by Crippen LogP contribution is 2.29. The average molecular weight is 282 g/mol. The largest absolute Gasteiger partial charge is 0.497 e. The summed E-state index contributed by atoms with van der Waals surface area (Å²) in [6, 6.07) is 15.9. The molecular formula is C16H14N2OS. The summed E-state index contributed by atoms with van der Waals surface area (Å²) in [5.41, 5.74) is 1.96. The lowest BCUT2D eigenvalue weighted by atomic mass is 10.2. The van der Waals surface area contributed by atoms with Gasteiger partial charge in [0.15, 0.2) is 5.82 Å². The molecule has 3 rings (SSSR count). The monoisotopic (exact) mass is 282 g/mol. The van der Waals surface area contributed by atoms with Crippen LogP contribution in [0.2, 0.25) is 0 Å². The number of benzene rings is 2. The van der Waals surface area contributed by atoms with Gasteiger partial charge >= 0.3 is 0 Å². The van der Waals surface area contributed by atoms with E-state index in [1.54, 1.807) is 18.9 Å². The van der Waals surface area contributed by atoms with Crippen LogP contribution in [0, 0.1) is 0 Å². The van der Waals surface area contributed by atoms with Gasteiger partial charge in [0.25, 0.3) is 0 Å². The topological polar surface area (TPSA) is 35.0 Å². The summed E-state index contributed by atoms with van der Waals surface area (Å²) in [6.07, 6.45) is 2.02. The molecule has 0 saturated carbocycles. The summed E-state index contributed by atoms with van der Waals surface area (Å²) in [5, 5.41) is 1.99. The molecule has 0 unspecified atom stereocenters. The van der Waals surface area contributed by atoms with Gasteiger partial charge in [0.2, 0.25) is 0 Å². The standard InChI is InChI=1S/C16H14N2OS/c1-19-12-8-9-14-13(10-12)16(20-2)18-15(17-14)11-6-4-3-5-7-11/h3-10H,1-2H3. The molecular weight excluding hydrogens is 268 g/mol. The number of hydrogen-bond acceptors (Lipinski definition) is 4. The molecule has 4 heteroatoms. The Morgan fingerprint density at radius 2 is 1.80 bits per heavy atom. The minimum atomic E-state index is 0.757. The zero-order valence-electron chi connectivity index (χ0n) is 11.3. The Hall–Kier alpha value is -2.07. The van der Waals surface area contributed by atoms with Crippen molar-refractivity contribution >= 4 is 22.7 Å². The zero-order valence-corrected chi connectivity index (χ0v) is 12.1. The molecule has 0 fully saturated rings. The highest BCUT2D eigenvalue weighted by molar-refractivity contribution is 7.98. The predicted molar refractivity (Wildman–Crippen MR) is 83.3 cm³/mol. The third kappa shape index (κ3) is 2.34. The number of ether oxygens (including phenoxy) is 1. The molecule has 1 heterocycles. The van der Waals surface area contributed by atoms with Gasteiger partial charge < -0.3 is 4.74 Å². The van der Waals surface area contributed by atoms with Gasteiger partial charge in [0.1, 0.15) is 10.8 Å². The lowest BCUT2D eigenvalue weighted by molar-refractivity contribution is 0.415. The normalized spacial score (nSPS) is 10.7. The molecule has 0 radical (unpaired) electrons. The maximum absolute atomic E-state index is 5.27. The van der Waals surface area contributed by atoms with Crippen molar-refractivity contribution in [3.8, 4) is 17.1 Å². The Kier molecular flexibility index (Phi) is 3.56. The van der Waals surface area contributed by atoms with Crippen LogP contribution >= 0.6 is 11.8 Å². The van der Waals surface area contributed by atoms with Crippen LogP contribution in [0.15, 0.2) is 53.6 Å². The highest BCUT2D eigenvalue weighted by atomic mass is 32.2. The van der Waals surface area contributed by atoms with E-state index in [0.29, 0.717) is 0 Å². The van der Waals surface area contributed by atoms with E-state index in [4.69, 9.17) is 4.74 Å². The number of thioether (sulfide) groups is 1. The van der Waals surface area contributed by atoms with Crippen LogP contribution < -0.4 is 4.74 Å². The molecule has 1 aromatic heterocycles. The van der Waals surface area contributed by atoms with E-state index in [9.17, 15) is 0 Å². The van der Waals surface area contributed by atoms with Crippen molar-refractivity contribution in [2.75, 3.05) is 13.4 Å². The Labute approximate surface area is 122 Å². The van der Waals surface area contributed by atoms with Crippen LogP contribution in [-0.4, -0.2) is 23.3 Å². The maximum Gasteiger partial charge on any atom is 0.161 e. The quantitative estimate of drug-likeness (QED) is 0.536. The van der Waals surface area contributed by atoms with Gasteiger partial charge in [-0.3, -0.25) is 0 Å². The molecule has 0 spiro atoms. The Morgan fingerprint density at radius 1 is 1.00 bits per heavy atom. The Morgan fingerprint density at radius 3 is 2.50 bits per heavy atom. The fourth-order valence-corrected chi connectivity index (χ4v) is 2.64. The SMILES string of the molecule is COc1ccc2nc(-c3ccccc3)nc(SC)c2c1. The summed E-state index contributed by atoms with van der Waals surface area (Å²) < 4.78 is 5.27. The van der Waals surface area contributed by atoms with Crippen molar-refractivity contribution in [2.45, 2.75) is 5.03 Å². The Bertz CT molecular complexity index is 744. The van der Waals surface area contributed by atoms with E-state index in [1.807, 2.05) is 54.8 Å². The molecule has 3 aromatic rings. The molecule has 0 amide bonds. The van der Waals surface area contributed by atoms with Gasteiger partial charge in [-0.2, -0.15) is 0 Å². The zero-order chi connectivity index (χ0) is 13.9. The Balaban J connectivity index is 2.22. The summed E-state index contributed by atoms with van der Waals surface area (Å²) in [6.45, 7) is 0. The molecule has 0 aliphatic rings. The summed E-state index contributed by atoms with van der Waals surface area (Å²) >= 11 is 1.62. The first-order chi connectivity index (χ1) is 9.81. The number of rotatable bonds is 3. The highest BCUT2D eigenvalue weighted by Gasteiger charge is 2.09. The summed E-state index contributed by atoms with van der Waals surface area (Å²) in [5.74, 6) is 1.58. The fourth-order valence-electron chi connectivity index (χ4n) is 2.08. The van der Waals surface area contributed by atoms with Crippen LogP contribution in [-0.2, 0) is 0 Å². The van der Waals surface area contributed by atoms with Crippen LogP contribution in [0.5, 0.6) is 5.75 Å². The number of hydrogen-bond donors (Lipinski definition) is 0. The number of aromatic nitrogens is 2. The molecule has 20 heavy (non-hydrogen) atoms. The van der Waals surface area contributed by atoms with Crippen molar-refractivity contribution < 1.29 is 4.74 Å². The molecule has 100 valence electrons. The molecule has 0 aliphatic carbocycles.